The maximum atomic E-state index is 11.9. The first-order chi connectivity index (χ1) is 7.33. The van der Waals surface area contributed by atoms with Crippen LogP contribution in [-0.2, 0) is 19.4 Å². The van der Waals surface area contributed by atoms with Gasteiger partial charge in [-0.25, -0.2) is 0 Å². The van der Waals surface area contributed by atoms with Crippen LogP contribution in [0.3, 0.4) is 0 Å². The Kier molecular flexibility index (Phi) is 5.56. The summed E-state index contributed by atoms with van der Waals surface area (Å²) in [7, 11) is 0. The summed E-state index contributed by atoms with van der Waals surface area (Å²) in [6.07, 6.45) is 8.31. The third-order valence-electron chi connectivity index (χ3n) is 3.09. The summed E-state index contributed by atoms with van der Waals surface area (Å²) in [5.41, 5.74) is 1.43. The van der Waals surface area contributed by atoms with Crippen molar-refractivity contribution in [3.63, 3.8) is 0 Å². The summed E-state index contributed by atoms with van der Waals surface area (Å²) < 4.78 is 1.97. The Morgan fingerprint density at radius 1 is 1.25 bits per heavy atom. The van der Waals surface area contributed by atoms with E-state index in [-0.39, 0.29) is 12.4 Å². The fraction of sp³-hybridized carbons (Fsp3) is 0.750. The van der Waals surface area contributed by atoms with Gasteiger partial charge in [-0.3, -0.25) is 8.75 Å². The Bertz CT molecular complexity index is 383. The van der Waals surface area contributed by atoms with Gasteiger partial charge in [-0.2, -0.15) is 0 Å². The van der Waals surface area contributed by atoms with Crippen LogP contribution in [-0.4, -0.2) is 3.96 Å². The minimum atomic E-state index is 0. The summed E-state index contributed by atoms with van der Waals surface area (Å²) >= 11 is 1.71. The van der Waals surface area contributed by atoms with E-state index in [9.17, 15) is 4.79 Å². The van der Waals surface area contributed by atoms with Crippen molar-refractivity contribution in [1.82, 2.24) is 3.96 Å². The highest BCUT2D eigenvalue weighted by molar-refractivity contribution is 7.06. The number of halogens is 1. The van der Waals surface area contributed by atoms with E-state index >= 15 is 0 Å². The second-order valence-electron chi connectivity index (χ2n) is 4.31. The van der Waals surface area contributed by atoms with Crippen LogP contribution in [0.2, 0.25) is 0 Å². The smallest absolute Gasteiger partial charge is 0.264 e. The van der Waals surface area contributed by atoms with E-state index in [0.29, 0.717) is 5.56 Å². The van der Waals surface area contributed by atoms with Gasteiger partial charge in [-0.1, -0.05) is 37.7 Å². The lowest BCUT2D eigenvalue weighted by Gasteiger charge is -2.00. The summed E-state index contributed by atoms with van der Waals surface area (Å²) in [5.74, 6) is 0. The number of hydrogen-bond acceptors (Lipinski definition) is 2. The zero-order valence-electron chi connectivity index (χ0n) is 9.83. The van der Waals surface area contributed by atoms with Crippen LogP contribution >= 0.6 is 23.9 Å². The molecular formula is C12H20ClNOS. The first-order valence-corrected chi connectivity index (χ1v) is 6.82. The van der Waals surface area contributed by atoms with E-state index < -0.39 is 0 Å². The molecule has 0 unspecified atom stereocenters. The van der Waals surface area contributed by atoms with E-state index in [4.69, 9.17) is 0 Å². The summed E-state index contributed by atoms with van der Waals surface area (Å²) in [5, 5.41) is 0. The molecular weight excluding hydrogens is 242 g/mol. The molecule has 0 bridgehead atoms. The molecule has 1 aromatic heterocycles. The van der Waals surface area contributed by atoms with Crippen molar-refractivity contribution in [3.05, 3.63) is 20.8 Å². The van der Waals surface area contributed by atoms with Gasteiger partial charge in [0, 0.05) is 17.0 Å². The van der Waals surface area contributed by atoms with E-state index in [1.54, 1.807) is 11.5 Å². The molecule has 0 atom stereocenters. The fourth-order valence-corrected chi connectivity index (χ4v) is 3.41. The highest BCUT2D eigenvalue weighted by Crippen LogP contribution is 2.23. The number of aromatic nitrogens is 1. The second kappa shape index (κ2) is 6.45. The molecule has 0 aliphatic heterocycles. The summed E-state index contributed by atoms with van der Waals surface area (Å²) in [6, 6.07) is 0. The molecule has 0 N–H and O–H groups in total. The summed E-state index contributed by atoms with van der Waals surface area (Å²) in [6.45, 7) is 3.16. The maximum Gasteiger partial charge on any atom is 0.264 e. The van der Waals surface area contributed by atoms with Crippen molar-refractivity contribution in [2.45, 2.75) is 58.4 Å². The highest BCUT2D eigenvalue weighted by Gasteiger charge is 2.19. The van der Waals surface area contributed by atoms with Crippen LogP contribution in [0.15, 0.2) is 4.79 Å². The molecule has 0 radical (unpaired) electrons. The third kappa shape index (κ3) is 2.89. The minimum Gasteiger partial charge on any atom is -0.268 e. The molecule has 2 nitrogen and oxygen atoms in total. The van der Waals surface area contributed by atoms with Gasteiger partial charge >= 0.3 is 0 Å². The van der Waals surface area contributed by atoms with Crippen LogP contribution in [0.25, 0.3) is 0 Å². The number of fused-ring (bicyclic) bond motifs is 1. The normalized spacial score (nSPS) is 13.6. The van der Waals surface area contributed by atoms with Crippen LogP contribution in [0.5, 0.6) is 0 Å². The largest absolute Gasteiger partial charge is 0.268 e. The van der Waals surface area contributed by atoms with Gasteiger partial charge in [0.15, 0.2) is 0 Å². The molecule has 1 heterocycles. The molecule has 0 saturated carbocycles. The third-order valence-corrected chi connectivity index (χ3v) is 4.33. The second-order valence-corrected chi connectivity index (χ2v) is 5.43. The Hall–Kier alpha value is -0.280. The number of unbranched alkanes of at least 4 members (excludes halogenated alkanes) is 3. The fourth-order valence-electron chi connectivity index (χ4n) is 2.20. The van der Waals surface area contributed by atoms with Crippen LogP contribution in [0, 0.1) is 0 Å². The van der Waals surface area contributed by atoms with Gasteiger partial charge in [-0.15, -0.1) is 12.4 Å². The monoisotopic (exact) mass is 261 g/mol. The van der Waals surface area contributed by atoms with Gasteiger partial charge in [0.05, 0.1) is 0 Å². The zero-order chi connectivity index (χ0) is 10.7. The number of aryl methyl sites for hydroxylation is 2. The topological polar surface area (TPSA) is 22.0 Å². The molecule has 0 spiro atoms. The minimum absolute atomic E-state index is 0. The van der Waals surface area contributed by atoms with Gasteiger partial charge < -0.3 is 0 Å². The molecule has 2 rings (SSSR count). The zero-order valence-corrected chi connectivity index (χ0v) is 11.5. The van der Waals surface area contributed by atoms with Crippen molar-refractivity contribution < 1.29 is 0 Å². The van der Waals surface area contributed by atoms with E-state index in [1.165, 1.54) is 30.6 Å². The number of rotatable bonds is 5. The number of hydrogen-bond donors (Lipinski definition) is 0. The molecule has 0 saturated heterocycles. The standard InChI is InChI=1S/C12H19NOS.ClH/c1-2-3-4-5-9-13-12(14)10-7-6-8-11(10)15-13;/h2-9H2,1H3;1H. The van der Waals surface area contributed by atoms with Gasteiger partial charge in [0.25, 0.3) is 5.56 Å². The number of nitrogens with zero attached hydrogens (tertiary/aromatic N) is 1. The average molecular weight is 262 g/mol. The van der Waals surface area contributed by atoms with E-state index in [1.807, 2.05) is 3.96 Å². The Balaban J connectivity index is 0.00000128. The molecule has 0 aromatic carbocycles. The quantitative estimate of drug-likeness (QED) is 0.745. The highest BCUT2D eigenvalue weighted by atomic mass is 35.5. The Morgan fingerprint density at radius 3 is 2.75 bits per heavy atom. The van der Waals surface area contributed by atoms with Crippen molar-refractivity contribution in [3.8, 4) is 0 Å². The molecule has 1 aliphatic carbocycles. The van der Waals surface area contributed by atoms with E-state index in [0.717, 1.165) is 31.4 Å². The molecule has 1 aliphatic rings. The predicted molar refractivity (Wildman–Crippen MR) is 72.0 cm³/mol. The average Bonchev–Trinajstić information content (AvgIpc) is 2.78. The summed E-state index contributed by atoms with van der Waals surface area (Å²) in [4.78, 5) is 13.3. The van der Waals surface area contributed by atoms with Crippen molar-refractivity contribution in [2.24, 2.45) is 0 Å². The van der Waals surface area contributed by atoms with Crippen LogP contribution in [0.1, 0.15) is 49.5 Å². The Labute approximate surface area is 107 Å². The van der Waals surface area contributed by atoms with Crippen LogP contribution < -0.4 is 5.56 Å². The molecule has 0 amide bonds. The molecule has 1 aromatic rings. The predicted octanol–water partition coefficient (Wildman–Crippen LogP) is 3.40. The maximum absolute atomic E-state index is 11.9. The van der Waals surface area contributed by atoms with Crippen LogP contribution in [0.4, 0.5) is 0 Å². The lowest BCUT2D eigenvalue weighted by molar-refractivity contribution is 0.597. The first kappa shape index (κ1) is 13.8. The van der Waals surface area contributed by atoms with Gasteiger partial charge in [0.1, 0.15) is 0 Å². The van der Waals surface area contributed by atoms with Gasteiger partial charge in [0.2, 0.25) is 0 Å². The van der Waals surface area contributed by atoms with E-state index in [2.05, 4.69) is 6.92 Å². The SMILES string of the molecule is CCCCCCn1sc2c(c1=O)CCC2.Cl. The lowest BCUT2D eigenvalue weighted by Crippen LogP contribution is -2.16. The van der Waals surface area contributed by atoms with Crippen molar-refractivity contribution in [1.29, 1.82) is 0 Å². The van der Waals surface area contributed by atoms with Crippen molar-refractivity contribution in [2.75, 3.05) is 0 Å². The molecule has 16 heavy (non-hydrogen) atoms. The van der Waals surface area contributed by atoms with Crippen molar-refractivity contribution >= 4 is 23.9 Å². The Morgan fingerprint density at radius 2 is 2.06 bits per heavy atom. The molecule has 4 heteroatoms. The van der Waals surface area contributed by atoms with Gasteiger partial charge in [-0.05, 0) is 25.7 Å². The molecule has 92 valence electrons. The lowest BCUT2D eigenvalue weighted by atomic mass is 10.2. The first-order valence-electron chi connectivity index (χ1n) is 6.04. The molecule has 0 fully saturated rings.